The maximum absolute atomic E-state index is 14.3. The Labute approximate surface area is 140 Å². The highest BCUT2D eigenvalue weighted by Crippen LogP contribution is 2.39. The van der Waals surface area contributed by atoms with Gasteiger partial charge in [0.1, 0.15) is 6.17 Å². The minimum atomic E-state index is -0.871. The van der Waals surface area contributed by atoms with Crippen LogP contribution in [0, 0.1) is 0 Å². The van der Waals surface area contributed by atoms with E-state index in [0.29, 0.717) is 19.4 Å². The lowest BCUT2D eigenvalue weighted by atomic mass is 9.86. The van der Waals surface area contributed by atoms with Gasteiger partial charge in [0, 0.05) is 25.2 Å². The number of hydrogen-bond acceptors (Lipinski definition) is 4. The van der Waals surface area contributed by atoms with Crippen LogP contribution in [0.5, 0.6) is 0 Å². The van der Waals surface area contributed by atoms with Crippen molar-refractivity contribution in [2.75, 3.05) is 24.5 Å². The normalized spacial score (nSPS) is 30.2. The molecule has 3 atom stereocenters. The second kappa shape index (κ2) is 6.16. The molecule has 1 aromatic carbocycles. The molecule has 128 valence electrons. The average Bonchev–Trinajstić information content (AvgIpc) is 2.99. The van der Waals surface area contributed by atoms with Gasteiger partial charge in [0.2, 0.25) is 11.8 Å². The van der Waals surface area contributed by atoms with E-state index in [-0.39, 0.29) is 23.8 Å². The molecule has 0 unspecified atom stereocenters. The van der Waals surface area contributed by atoms with Gasteiger partial charge in [0.15, 0.2) is 0 Å². The molecule has 2 saturated heterocycles. The number of rotatable bonds is 2. The van der Waals surface area contributed by atoms with E-state index in [1.54, 1.807) is 0 Å². The molecule has 0 radical (unpaired) electrons. The number of hydrogen-bond donors (Lipinski definition) is 2. The van der Waals surface area contributed by atoms with Crippen molar-refractivity contribution >= 4 is 17.5 Å². The molecule has 0 saturated carbocycles. The van der Waals surface area contributed by atoms with Crippen LogP contribution in [0.1, 0.15) is 36.3 Å². The highest BCUT2D eigenvalue weighted by Gasteiger charge is 2.37. The number of carbonyl (C=O) groups is 2. The van der Waals surface area contributed by atoms with Crippen molar-refractivity contribution in [2.45, 2.75) is 43.8 Å². The third kappa shape index (κ3) is 2.59. The number of nitrogens with zero attached hydrogens (tertiary/aromatic N) is 1. The molecule has 24 heavy (non-hydrogen) atoms. The standard InChI is InChI=1S/C18H22FN3O2/c19-14-10-20-8-6-16(14)22-9-7-12-11(2-1-3-15(12)22)13-4-5-17(23)21-18(13)24/h1-3,13-14,16,20H,4-10H2,(H,21,23,24)/t13-,14+,16+/m1/s1. The smallest absolute Gasteiger partial charge is 0.234 e. The molecule has 1 aromatic rings. The molecule has 0 aliphatic carbocycles. The number of imide groups is 1. The van der Waals surface area contributed by atoms with Gasteiger partial charge in [-0.25, -0.2) is 4.39 Å². The van der Waals surface area contributed by atoms with E-state index in [2.05, 4.69) is 15.5 Å². The Morgan fingerprint density at radius 2 is 2.04 bits per heavy atom. The van der Waals surface area contributed by atoms with Crippen molar-refractivity contribution in [1.82, 2.24) is 10.6 Å². The van der Waals surface area contributed by atoms with Crippen LogP contribution in [0.15, 0.2) is 18.2 Å². The van der Waals surface area contributed by atoms with E-state index in [4.69, 9.17) is 0 Å². The van der Waals surface area contributed by atoms with Gasteiger partial charge in [0.05, 0.1) is 12.0 Å². The summed E-state index contributed by atoms with van der Waals surface area (Å²) in [5.41, 5.74) is 3.22. The van der Waals surface area contributed by atoms with Crippen molar-refractivity contribution in [2.24, 2.45) is 0 Å². The largest absolute Gasteiger partial charge is 0.365 e. The predicted molar refractivity (Wildman–Crippen MR) is 88.8 cm³/mol. The molecule has 2 fully saturated rings. The number of amides is 2. The maximum atomic E-state index is 14.3. The molecular formula is C18H22FN3O2. The Kier molecular flexibility index (Phi) is 4.00. The van der Waals surface area contributed by atoms with Gasteiger partial charge in [-0.1, -0.05) is 12.1 Å². The van der Waals surface area contributed by atoms with Gasteiger partial charge in [0.25, 0.3) is 0 Å². The molecule has 4 rings (SSSR count). The fourth-order valence-electron chi connectivity index (χ4n) is 4.31. The van der Waals surface area contributed by atoms with Crippen LogP contribution in [0.4, 0.5) is 10.1 Å². The quantitative estimate of drug-likeness (QED) is 0.801. The van der Waals surface area contributed by atoms with Crippen LogP contribution < -0.4 is 15.5 Å². The van der Waals surface area contributed by atoms with E-state index in [9.17, 15) is 14.0 Å². The Hall–Kier alpha value is -1.95. The van der Waals surface area contributed by atoms with Crippen LogP contribution in [0.2, 0.25) is 0 Å². The van der Waals surface area contributed by atoms with Crippen LogP contribution >= 0.6 is 0 Å². The van der Waals surface area contributed by atoms with Crippen molar-refractivity contribution < 1.29 is 14.0 Å². The summed E-state index contributed by atoms with van der Waals surface area (Å²) >= 11 is 0. The molecule has 0 bridgehead atoms. The molecule has 5 nitrogen and oxygen atoms in total. The first kappa shape index (κ1) is 15.6. The third-order valence-electron chi connectivity index (χ3n) is 5.49. The van der Waals surface area contributed by atoms with Crippen molar-refractivity contribution in [3.63, 3.8) is 0 Å². The Balaban J connectivity index is 1.64. The highest BCUT2D eigenvalue weighted by atomic mass is 19.1. The summed E-state index contributed by atoms with van der Waals surface area (Å²) in [4.78, 5) is 25.8. The molecular weight excluding hydrogens is 309 g/mol. The number of benzene rings is 1. The zero-order chi connectivity index (χ0) is 16.7. The minimum Gasteiger partial charge on any atom is -0.365 e. The third-order valence-corrected chi connectivity index (χ3v) is 5.49. The fraction of sp³-hybridized carbons (Fsp3) is 0.556. The first-order valence-corrected chi connectivity index (χ1v) is 8.72. The van der Waals surface area contributed by atoms with Crippen molar-refractivity contribution in [1.29, 1.82) is 0 Å². The summed E-state index contributed by atoms with van der Waals surface area (Å²) in [6.45, 7) is 2.04. The Morgan fingerprint density at radius 1 is 1.17 bits per heavy atom. The number of piperidine rings is 2. The lowest BCUT2D eigenvalue weighted by Gasteiger charge is -2.36. The van der Waals surface area contributed by atoms with Gasteiger partial charge >= 0.3 is 0 Å². The van der Waals surface area contributed by atoms with E-state index >= 15 is 0 Å². The van der Waals surface area contributed by atoms with Crippen molar-refractivity contribution in [3.05, 3.63) is 29.3 Å². The van der Waals surface area contributed by atoms with Crippen LogP contribution in [-0.4, -0.2) is 43.7 Å². The lowest BCUT2D eigenvalue weighted by Crippen LogP contribution is -2.50. The van der Waals surface area contributed by atoms with Gasteiger partial charge in [-0.3, -0.25) is 14.9 Å². The first-order valence-electron chi connectivity index (χ1n) is 8.72. The zero-order valence-corrected chi connectivity index (χ0v) is 13.6. The van der Waals surface area contributed by atoms with Crippen molar-refractivity contribution in [3.8, 4) is 0 Å². The maximum Gasteiger partial charge on any atom is 0.234 e. The number of fused-ring (bicyclic) bond motifs is 1. The number of halogens is 1. The number of nitrogens with one attached hydrogen (secondary N) is 2. The second-order valence-electron chi connectivity index (χ2n) is 6.87. The Morgan fingerprint density at radius 3 is 2.83 bits per heavy atom. The Bertz CT molecular complexity index is 678. The summed E-state index contributed by atoms with van der Waals surface area (Å²) < 4.78 is 14.3. The minimum absolute atomic E-state index is 0.0930. The monoisotopic (exact) mass is 331 g/mol. The summed E-state index contributed by atoms with van der Waals surface area (Å²) in [5.74, 6) is -0.671. The summed E-state index contributed by atoms with van der Waals surface area (Å²) in [6.07, 6.45) is 1.69. The first-order chi connectivity index (χ1) is 11.6. The number of alkyl halides is 1. The lowest BCUT2D eigenvalue weighted by molar-refractivity contribution is -0.134. The molecule has 0 spiro atoms. The summed E-state index contributed by atoms with van der Waals surface area (Å²) in [5, 5.41) is 5.54. The molecule has 6 heteroatoms. The predicted octanol–water partition coefficient (Wildman–Crippen LogP) is 1.27. The molecule has 0 aromatic heterocycles. The second-order valence-corrected chi connectivity index (χ2v) is 6.87. The molecule has 2 N–H and O–H groups in total. The van der Waals surface area contributed by atoms with Gasteiger partial charge in [-0.15, -0.1) is 0 Å². The van der Waals surface area contributed by atoms with E-state index in [1.807, 2.05) is 18.2 Å². The molecule has 3 aliphatic heterocycles. The molecule has 2 amide bonds. The SMILES string of the molecule is O=C1CC[C@H](c2cccc3c2CCN3[C@H]2CCNC[C@@H]2F)C(=O)N1. The van der Waals surface area contributed by atoms with E-state index in [0.717, 1.165) is 42.7 Å². The number of carbonyl (C=O) groups excluding carboxylic acids is 2. The van der Waals surface area contributed by atoms with Crippen LogP contribution in [0.3, 0.4) is 0 Å². The van der Waals surface area contributed by atoms with Gasteiger partial charge < -0.3 is 10.2 Å². The van der Waals surface area contributed by atoms with E-state index < -0.39 is 6.17 Å². The zero-order valence-electron chi connectivity index (χ0n) is 13.6. The summed E-state index contributed by atoms with van der Waals surface area (Å²) in [6, 6.07) is 5.87. The van der Waals surface area contributed by atoms with Gasteiger partial charge in [-0.2, -0.15) is 0 Å². The van der Waals surface area contributed by atoms with Crippen LogP contribution in [0.25, 0.3) is 0 Å². The van der Waals surface area contributed by atoms with E-state index in [1.165, 1.54) is 0 Å². The average molecular weight is 331 g/mol. The summed E-state index contributed by atoms with van der Waals surface area (Å²) in [7, 11) is 0. The number of anilines is 1. The van der Waals surface area contributed by atoms with Crippen LogP contribution in [-0.2, 0) is 16.0 Å². The molecule has 3 heterocycles. The topological polar surface area (TPSA) is 61.4 Å². The molecule has 3 aliphatic rings. The van der Waals surface area contributed by atoms with Gasteiger partial charge in [-0.05, 0) is 43.0 Å². The highest BCUT2D eigenvalue weighted by molar-refractivity contribution is 6.01. The fourth-order valence-corrected chi connectivity index (χ4v) is 4.31.